The van der Waals surface area contributed by atoms with Crippen molar-refractivity contribution in [3.05, 3.63) is 36.4 Å². The Morgan fingerprint density at radius 2 is 1.80 bits per heavy atom. The Labute approximate surface area is 150 Å². The van der Waals surface area contributed by atoms with E-state index in [-0.39, 0.29) is 12.0 Å². The molecule has 0 bridgehead atoms. The van der Waals surface area contributed by atoms with Crippen LogP contribution in [-0.4, -0.2) is 24.2 Å². The maximum absolute atomic E-state index is 12.8. The Morgan fingerprint density at radius 1 is 1.12 bits per heavy atom. The van der Waals surface area contributed by atoms with Gasteiger partial charge < -0.3 is 14.8 Å². The lowest BCUT2D eigenvalue weighted by molar-refractivity contribution is -0.139. The quantitative estimate of drug-likeness (QED) is 0.720. The van der Waals surface area contributed by atoms with Gasteiger partial charge in [-0.2, -0.15) is 0 Å². The Kier molecular flexibility index (Phi) is 6.43. The lowest BCUT2D eigenvalue weighted by Crippen LogP contribution is -2.42. The van der Waals surface area contributed by atoms with Gasteiger partial charge in [-0.25, -0.2) is 0 Å². The van der Waals surface area contributed by atoms with Crippen molar-refractivity contribution >= 4 is 22.4 Å². The van der Waals surface area contributed by atoms with E-state index < -0.39 is 5.60 Å². The van der Waals surface area contributed by atoms with Crippen LogP contribution in [-0.2, 0) is 9.53 Å². The summed E-state index contributed by atoms with van der Waals surface area (Å²) in [6, 6.07) is 11.7. The smallest absolute Gasteiger partial charge is 0.256 e. The first-order chi connectivity index (χ1) is 11.9. The van der Waals surface area contributed by atoms with Gasteiger partial charge in [0.2, 0.25) is 0 Å². The summed E-state index contributed by atoms with van der Waals surface area (Å²) in [4.78, 5) is 12.8. The average Bonchev–Trinajstić information content (AvgIpc) is 2.61. The fourth-order valence-electron chi connectivity index (χ4n) is 2.65. The molecule has 0 radical (unpaired) electrons. The second kappa shape index (κ2) is 8.34. The second-order valence-corrected chi connectivity index (χ2v) is 6.71. The molecular weight excluding hydrogens is 314 g/mol. The van der Waals surface area contributed by atoms with Crippen LogP contribution < -0.4 is 10.1 Å². The van der Waals surface area contributed by atoms with Gasteiger partial charge in [-0.1, -0.05) is 38.1 Å². The molecule has 2 aromatic carbocycles. The summed E-state index contributed by atoms with van der Waals surface area (Å²) in [5.74, 6) is 0.704. The van der Waals surface area contributed by atoms with E-state index in [2.05, 4.69) is 5.32 Å². The van der Waals surface area contributed by atoms with Crippen molar-refractivity contribution in [2.24, 2.45) is 0 Å². The fourth-order valence-corrected chi connectivity index (χ4v) is 2.65. The summed E-state index contributed by atoms with van der Waals surface area (Å²) in [6.45, 7) is 10.4. The van der Waals surface area contributed by atoms with Crippen molar-refractivity contribution in [1.82, 2.24) is 0 Å². The van der Waals surface area contributed by atoms with Crippen molar-refractivity contribution in [3.63, 3.8) is 0 Å². The fraction of sp³-hybridized carbons (Fsp3) is 0.476. The zero-order valence-corrected chi connectivity index (χ0v) is 15.9. The molecule has 0 unspecified atom stereocenters. The van der Waals surface area contributed by atoms with Gasteiger partial charge in [0.15, 0.2) is 0 Å². The topological polar surface area (TPSA) is 47.6 Å². The number of hydrogen-bond donors (Lipinski definition) is 1. The molecule has 0 aliphatic carbocycles. The van der Waals surface area contributed by atoms with Crippen molar-refractivity contribution < 1.29 is 14.3 Å². The first kappa shape index (κ1) is 19.3. The van der Waals surface area contributed by atoms with Gasteiger partial charge in [-0.05, 0) is 45.7 Å². The van der Waals surface area contributed by atoms with Gasteiger partial charge in [-0.15, -0.1) is 0 Å². The molecule has 136 valence electrons. The van der Waals surface area contributed by atoms with Crippen LogP contribution in [0.15, 0.2) is 36.4 Å². The predicted molar refractivity (Wildman–Crippen MR) is 103 cm³/mol. The Bertz CT molecular complexity index is 726. The molecule has 4 heteroatoms. The van der Waals surface area contributed by atoms with Crippen molar-refractivity contribution in [2.75, 3.05) is 11.9 Å². The number of carbonyl (C=O) groups is 1. The zero-order valence-electron chi connectivity index (χ0n) is 15.9. The van der Waals surface area contributed by atoms with Gasteiger partial charge in [0.05, 0.1) is 6.10 Å². The highest BCUT2D eigenvalue weighted by Crippen LogP contribution is 2.33. The molecule has 0 saturated heterocycles. The highest BCUT2D eigenvalue weighted by molar-refractivity contribution is 6.06. The minimum absolute atomic E-state index is 0.0923. The summed E-state index contributed by atoms with van der Waals surface area (Å²) < 4.78 is 11.7. The third kappa shape index (κ3) is 4.51. The van der Waals surface area contributed by atoms with Crippen LogP contribution in [0.3, 0.4) is 0 Å². The predicted octanol–water partition coefficient (Wildman–Crippen LogP) is 5.16. The maximum Gasteiger partial charge on any atom is 0.256 e. The average molecular weight is 343 g/mol. The van der Waals surface area contributed by atoms with Crippen LogP contribution in [0.2, 0.25) is 0 Å². The standard InChI is InChI=1S/C21H29NO3/c1-6-14-24-21(5,7-2)20(23)22-18-12-13-19(25-15(3)4)17-11-9-8-10-16(17)18/h8-13,15H,6-7,14H2,1-5H3,(H,22,23)/t21-/m0/s1. The van der Waals surface area contributed by atoms with Crippen LogP contribution in [0.1, 0.15) is 47.5 Å². The number of fused-ring (bicyclic) bond motifs is 1. The van der Waals surface area contributed by atoms with Crippen molar-refractivity contribution in [3.8, 4) is 5.75 Å². The normalized spacial score (nSPS) is 13.7. The van der Waals surface area contributed by atoms with Crippen LogP contribution >= 0.6 is 0 Å². The molecule has 0 aliphatic heterocycles. The van der Waals surface area contributed by atoms with E-state index >= 15 is 0 Å². The van der Waals surface area contributed by atoms with E-state index in [1.165, 1.54) is 0 Å². The Hall–Kier alpha value is -2.07. The van der Waals surface area contributed by atoms with E-state index in [0.29, 0.717) is 13.0 Å². The Balaban J connectivity index is 2.34. The van der Waals surface area contributed by atoms with Crippen LogP contribution in [0.5, 0.6) is 5.75 Å². The molecule has 0 fully saturated rings. The highest BCUT2D eigenvalue weighted by atomic mass is 16.5. The molecule has 0 aliphatic rings. The molecule has 1 N–H and O–H groups in total. The highest BCUT2D eigenvalue weighted by Gasteiger charge is 2.32. The number of nitrogens with one attached hydrogen (secondary N) is 1. The van der Waals surface area contributed by atoms with E-state index in [1.54, 1.807) is 0 Å². The lowest BCUT2D eigenvalue weighted by Gasteiger charge is -2.27. The van der Waals surface area contributed by atoms with Crippen LogP contribution in [0.25, 0.3) is 10.8 Å². The number of carbonyl (C=O) groups excluding carboxylic acids is 1. The van der Waals surface area contributed by atoms with Gasteiger partial charge in [0.1, 0.15) is 11.4 Å². The summed E-state index contributed by atoms with van der Waals surface area (Å²) in [5, 5.41) is 5.00. The van der Waals surface area contributed by atoms with E-state index in [1.807, 2.05) is 71.0 Å². The van der Waals surface area contributed by atoms with E-state index in [4.69, 9.17) is 9.47 Å². The van der Waals surface area contributed by atoms with Crippen molar-refractivity contribution in [1.29, 1.82) is 0 Å². The molecule has 1 atom stereocenters. The molecule has 0 aromatic heterocycles. The molecule has 0 saturated carbocycles. The molecule has 2 rings (SSSR count). The molecule has 0 spiro atoms. The van der Waals surface area contributed by atoms with E-state index in [9.17, 15) is 4.79 Å². The Morgan fingerprint density at radius 3 is 2.40 bits per heavy atom. The lowest BCUT2D eigenvalue weighted by atomic mass is 10.0. The third-order valence-corrected chi connectivity index (χ3v) is 4.27. The minimum Gasteiger partial charge on any atom is -0.490 e. The molecule has 1 amide bonds. The SMILES string of the molecule is CCCO[C@@](C)(CC)C(=O)Nc1ccc(OC(C)C)c2ccccc12. The number of rotatable bonds is 8. The number of ether oxygens (including phenoxy) is 2. The summed E-state index contributed by atoms with van der Waals surface area (Å²) in [6.07, 6.45) is 1.59. The zero-order chi connectivity index (χ0) is 18.4. The number of amides is 1. The minimum atomic E-state index is -0.829. The van der Waals surface area contributed by atoms with Gasteiger partial charge in [0, 0.05) is 23.1 Å². The third-order valence-electron chi connectivity index (χ3n) is 4.27. The number of hydrogen-bond acceptors (Lipinski definition) is 3. The molecule has 2 aromatic rings. The number of anilines is 1. The van der Waals surface area contributed by atoms with Gasteiger partial charge in [-0.3, -0.25) is 4.79 Å². The van der Waals surface area contributed by atoms with Gasteiger partial charge in [0.25, 0.3) is 5.91 Å². The summed E-state index contributed by atoms with van der Waals surface area (Å²) in [5.41, 5.74) is -0.0546. The largest absolute Gasteiger partial charge is 0.490 e. The van der Waals surface area contributed by atoms with Gasteiger partial charge >= 0.3 is 0 Å². The monoisotopic (exact) mass is 343 g/mol. The summed E-state index contributed by atoms with van der Waals surface area (Å²) >= 11 is 0. The summed E-state index contributed by atoms with van der Waals surface area (Å²) in [7, 11) is 0. The molecule has 4 nitrogen and oxygen atoms in total. The van der Waals surface area contributed by atoms with E-state index in [0.717, 1.165) is 28.6 Å². The molecule has 25 heavy (non-hydrogen) atoms. The maximum atomic E-state index is 12.8. The first-order valence-corrected chi connectivity index (χ1v) is 9.05. The number of benzene rings is 2. The molecular formula is C21H29NO3. The first-order valence-electron chi connectivity index (χ1n) is 9.05. The van der Waals surface area contributed by atoms with Crippen molar-refractivity contribution in [2.45, 2.75) is 59.2 Å². The second-order valence-electron chi connectivity index (χ2n) is 6.71. The molecule has 0 heterocycles. The van der Waals surface area contributed by atoms with Crippen LogP contribution in [0, 0.1) is 0 Å². The van der Waals surface area contributed by atoms with Crippen LogP contribution in [0.4, 0.5) is 5.69 Å².